The van der Waals surface area contributed by atoms with Gasteiger partial charge in [0.25, 0.3) is 0 Å². The highest BCUT2D eigenvalue weighted by atomic mass is 32.2. The highest BCUT2D eigenvalue weighted by Crippen LogP contribution is 2.32. The number of benzene rings is 2. The number of aryl methyl sites for hydroxylation is 1. The van der Waals surface area contributed by atoms with Crippen molar-refractivity contribution < 1.29 is 4.79 Å². The molecule has 0 amide bonds. The Balaban J connectivity index is 1.58. The van der Waals surface area contributed by atoms with Crippen LogP contribution in [0.3, 0.4) is 0 Å². The van der Waals surface area contributed by atoms with Gasteiger partial charge in [0.1, 0.15) is 0 Å². The third-order valence-electron chi connectivity index (χ3n) is 4.95. The molecule has 5 rings (SSSR count). The molecule has 148 valence electrons. The zero-order valence-electron chi connectivity index (χ0n) is 16.3. The fraction of sp³-hybridized carbons (Fsp3) is 0.0870. The number of hydrogen-bond donors (Lipinski definition) is 2. The molecule has 0 aliphatic carbocycles. The lowest BCUT2D eigenvalue weighted by atomic mass is 10.1. The topological polar surface area (TPSA) is 79.4 Å². The largest absolute Gasteiger partial charge is 0.360 e. The van der Waals surface area contributed by atoms with Gasteiger partial charge < -0.3 is 9.97 Å². The number of hydrogen-bond acceptors (Lipinski definition) is 4. The van der Waals surface area contributed by atoms with Gasteiger partial charge in [0.2, 0.25) is 0 Å². The van der Waals surface area contributed by atoms with Crippen LogP contribution in [0, 0.1) is 6.92 Å². The van der Waals surface area contributed by atoms with Crippen LogP contribution < -0.4 is 0 Å². The van der Waals surface area contributed by atoms with Crippen molar-refractivity contribution in [2.45, 2.75) is 12.1 Å². The van der Waals surface area contributed by atoms with Crippen LogP contribution in [0.2, 0.25) is 0 Å². The predicted molar refractivity (Wildman–Crippen MR) is 119 cm³/mol. The van der Waals surface area contributed by atoms with Crippen LogP contribution >= 0.6 is 11.8 Å². The van der Waals surface area contributed by atoms with E-state index in [4.69, 9.17) is 0 Å². The van der Waals surface area contributed by atoms with Crippen LogP contribution in [0.5, 0.6) is 0 Å². The molecular formula is C23H19N5OS. The summed E-state index contributed by atoms with van der Waals surface area (Å²) in [6.07, 6.45) is 3.71. The molecule has 0 saturated carbocycles. The van der Waals surface area contributed by atoms with Crippen molar-refractivity contribution in [3.05, 3.63) is 84.3 Å². The number of H-pyrrole nitrogens is 2. The normalized spacial score (nSPS) is 11.2. The Kier molecular flexibility index (Phi) is 4.72. The van der Waals surface area contributed by atoms with Crippen molar-refractivity contribution in [2.75, 3.05) is 5.75 Å². The summed E-state index contributed by atoms with van der Waals surface area (Å²) in [5, 5.41) is 10.7. The second-order valence-electron chi connectivity index (χ2n) is 7.02. The first-order chi connectivity index (χ1) is 14.7. The number of nitrogens with one attached hydrogen (secondary N) is 2. The van der Waals surface area contributed by atoms with Gasteiger partial charge in [-0.15, -0.1) is 10.2 Å². The summed E-state index contributed by atoms with van der Waals surface area (Å²) < 4.78 is 2.02. The van der Waals surface area contributed by atoms with E-state index in [1.807, 2.05) is 47.2 Å². The van der Waals surface area contributed by atoms with Crippen molar-refractivity contribution in [2.24, 2.45) is 0 Å². The quantitative estimate of drug-likeness (QED) is 0.302. The monoisotopic (exact) mass is 413 g/mol. The molecule has 0 saturated heterocycles. The summed E-state index contributed by atoms with van der Waals surface area (Å²) in [6, 6.07) is 19.9. The van der Waals surface area contributed by atoms with E-state index in [-0.39, 0.29) is 11.5 Å². The van der Waals surface area contributed by atoms with Crippen molar-refractivity contribution >= 4 is 28.4 Å². The third kappa shape index (κ3) is 3.33. The Morgan fingerprint density at radius 3 is 2.77 bits per heavy atom. The molecule has 0 atom stereocenters. The summed E-state index contributed by atoms with van der Waals surface area (Å²) >= 11 is 1.39. The number of nitrogens with zero attached hydrogens (tertiary/aromatic N) is 3. The second-order valence-corrected chi connectivity index (χ2v) is 7.97. The lowest BCUT2D eigenvalue weighted by molar-refractivity contribution is 0.101. The minimum Gasteiger partial charge on any atom is -0.360 e. The van der Waals surface area contributed by atoms with Gasteiger partial charge in [0, 0.05) is 34.5 Å². The molecule has 0 fully saturated rings. The second kappa shape index (κ2) is 7.68. The number of para-hydroxylation sites is 1. The standard InChI is InChI=1S/C23H19N5OS/c1-15-6-4-7-16(12-15)28-22(18-13-25-19-9-3-2-8-17(18)19)26-27-23(28)30-14-21(29)20-10-5-11-24-20/h2-13,24-25H,14H2,1H3. The number of carbonyl (C=O) groups excluding carboxylic acids is 1. The Morgan fingerprint density at radius 2 is 1.93 bits per heavy atom. The first kappa shape index (κ1) is 18.4. The van der Waals surface area contributed by atoms with Crippen LogP contribution in [-0.2, 0) is 0 Å². The molecule has 2 aromatic carbocycles. The van der Waals surface area contributed by atoms with E-state index in [1.54, 1.807) is 12.3 Å². The third-order valence-corrected chi connectivity index (χ3v) is 5.88. The Bertz CT molecular complexity index is 1330. The number of Topliss-reactive ketones (excluding diaryl/α,β-unsaturated/α-hetero) is 1. The molecule has 0 radical (unpaired) electrons. The van der Waals surface area contributed by atoms with E-state index in [0.29, 0.717) is 10.9 Å². The molecule has 3 heterocycles. The maximum absolute atomic E-state index is 12.5. The number of aromatic nitrogens is 5. The van der Waals surface area contributed by atoms with Gasteiger partial charge in [-0.3, -0.25) is 9.36 Å². The molecule has 0 unspecified atom stereocenters. The highest BCUT2D eigenvalue weighted by molar-refractivity contribution is 7.99. The number of rotatable bonds is 6. The number of thioether (sulfide) groups is 1. The van der Waals surface area contributed by atoms with Crippen LogP contribution in [0.15, 0.2) is 78.2 Å². The minimum absolute atomic E-state index is 0.0254. The van der Waals surface area contributed by atoms with E-state index in [1.165, 1.54) is 11.8 Å². The molecule has 5 aromatic rings. The zero-order valence-corrected chi connectivity index (χ0v) is 17.1. The fourth-order valence-corrected chi connectivity index (χ4v) is 4.34. The molecule has 2 N–H and O–H groups in total. The maximum atomic E-state index is 12.5. The number of carbonyl (C=O) groups is 1. The van der Waals surface area contributed by atoms with Crippen molar-refractivity contribution in [1.29, 1.82) is 0 Å². The van der Waals surface area contributed by atoms with Gasteiger partial charge >= 0.3 is 0 Å². The smallest absolute Gasteiger partial charge is 0.196 e. The number of aromatic amines is 2. The molecule has 30 heavy (non-hydrogen) atoms. The molecule has 0 aliphatic rings. The van der Waals surface area contributed by atoms with Gasteiger partial charge in [0.15, 0.2) is 16.8 Å². The zero-order chi connectivity index (χ0) is 20.5. The van der Waals surface area contributed by atoms with Crippen molar-refractivity contribution in [1.82, 2.24) is 24.7 Å². The molecule has 0 aliphatic heterocycles. The Hall–Kier alpha value is -3.58. The van der Waals surface area contributed by atoms with Gasteiger partial charge in [-0.1, -0.05) is 42.1 Å². The summed E-state index contributed by atoms with van der Waals surface area (Å²) in [4.78, 5) is 18.8. The minimum atomic E-state index is 0.0254. The van der Waals surface area contributed by atoms with Crippen LogP contribution in [-0.4, -0.2) is 36.3 Å². The van der Waals surface area contributed by atoms with Gasteiger partial charge in [-0.2, -0.15) is 0 Å². The van der Waals surface area contributed by atoms with Crippen LogP contribution in [0.25, 0.3) is 28.0 Å². The summed E-state index contributed by atoms with van der Waals surface area (Å²) in [7, 11) is 0. The number of ketones is 1. The Morgan fingerprint density at radius 1 is 1.03 bits per heavy atom. The van der Waals surface area contributed by atoms with Crippen molar-refractivity contribution in [3.8, 4) is 17.1 Å². The lowest BCUT2D eigenvalue weighted by Crippen LogP contribution is -2.05. The lowest BCUT2D eigenvalue weighted by Gasteiger charge is -2.10. The highest BCUT2D eigenvalue weighted by Gasteiger charge is 2.20. The van der Waals surface area contributed by atoms with Gasteiger partial charge in [0.05, 0.1) is 11.4 Å². The maximum Gasteiger partial charge on any atom is 0.196 e. The molecule has 0 bridgehead atoms. The van der Waals surface area contributed by atoms with E-state index >= 15 is 0 Å². The first-order valence-corrected chi connectivity index (χ1v) is 10.6. The summed E-state index contributed by atoms with van der Waals surface area (Å²) in [6.45, 7) is 2.06. The van der Waals surface area contributed by atoms with Crippen molar-refractivity contribution in [3.63, 3.8) is 0 Å². The molecule has 7 heteroatoms. The average Bonchev–Trinajstić information content (AvgIpc) is 3.51. The Labute approximate surface area is 177 Å². The first-order valence-electron chi connectivity index (χ1n) is 9.59. The predicted octanol–water partition coefficient (Wildman–Crippen LogP) is 5.03. The fourth-order valence-electron chi connectivity index (χ4n) is 3.51. The van der Waals surface area contributed by atoms with E-state index in [0.717, 1.165) is 33.5 Å². The SMILES string of the molecule is Cc1cccc(-n2c(SCC(=O)c3ccc[nH]3)nnc2-c2c[nH]c3ccccc23)c1. The van der Waals surface area contributed by atoms with E-state index in [2.05, 4.69) is 45.3 Å². The molecular weight excluding hydrogens is 394 g/mol. The summed E-state index contributed by atoms with van der Waals surface area (Å²) in [5.41, 5.74) is 4.73. The molecule has 6 nitrogen and oxygen atoms in total. The van der Waals surface area contributed by atoms with Gasteiger partial charge in [-0.05, 0) is 42.8 Å². The molecule has 3 aromatic heterocycles. The van der Waals surface area contributed by atoms with E-state index in [9.17, 15) is 4.79 Å². The van der Waals surface area contributed by atoms with Crippen LogP contribution in [0.4, 0.5) is 0 Å². The number of fused-ring (bicyclic) bond motifs is 1. The molecule has 0 spiro atoms. The van der Waals surface area contributed by atoms with E-state index < -0.39 is 0 Å². The summed E-state index contributed by atoms with van der Waals surface area (Å²) in [5.74, 6) is 1.04. The van der Waals surface area contributed by atoms with Crippen LogP contribution in [0.1, 0.15) is 16.1 Å². The van der Waals surface area contributed by atoms with Gasteiger partial charge in [-0.25, -0.2) is 0 Å². The average molecular weight is 414 g/mol.